The summed E-state index contributed by atoms with van der Waals surface area (Å²) in [6.45, 7) is 2.88. The molecule has 0 bridgehead atoms. The minimum absolute atomic E-state index is 0.0141. The average molecular weight is 349 g/mol. The third-order valence-corrected chi connectivity index (χ3v) is 4.85. The molecule has 5 nitrogen and oxygen atoms in total. The Hall–Kier alpha value is -2.79. The van der Waals surface area contributed by atoms with Crippen LogP contribution in [0.25, 0.3) is 5.69 Å². The normalized spacial score (nSPS) is 15.1. The highest BCUT2D eigenvalue weighted by Gasteiger charge is 2.15. The summed E-state index contributed by atoms with van der Waals surface area (Å²) in [6.07, 6.45) is 5.99. The zero-order valence-electron chi connectivity index (χ0n) is 14.7. The number of para-hydroxylation sites is 1. The molecule has 1 aromatic heterocycles. The fourth-order valence-corrected chi connectivity index (χ4v) is 3.39. The van der Waals surface area contributed by atoms with Crippen LogP contribution in [0.5, 0.6) is 11.5 Å². The van der Waals surface area contributed by atoms with Gasteiger partial charge in [0.1, 0.15) is 11.5 Å². The number of hydrogen-bond acceptors (Lipinski definition) is 3. The molecule has 0 radical (unpaired) electrons. The second-order valence-corrected chi connectivity index (χ2v) is 6.71. The smallest absolute Gasteiger partial charge is 0.332 e. The van der Waals surface area contributed by atoms with E-state index >= 15 is 0 Å². The van der Waals surface area contributed by atoms with Gasteiger partial charge in [0.25, 0.3) is 0 Å². The SMILES string of the molecule is O=c1n(CC2CCNCC2)ccn1-c1ccc(Oc2ccccc2)cc1. The van der Waals surface area contributed by atoms with Crippen molar-refractivity contribution >= 4 is 0 Å². The maximum absolute atomic E-state index is 12.7. The molecule has 1 fully saturated rings. The standard InChI is InChI=1S/C21H23N3O2/c25-21-23(16-17-10-12-22-13-11-17)14-15-24(21)18-6-8-20(9-7-18)26-19-4-2-1-3-5-19/h1-9,14-15,17,22H,10-13,16H2. The van der Waals surface area contributed by atoms with E-state index in [1.165, 1.54) is 0 Å². The number of imidazole rings is 1. The third-order valence-electron chi connectivity index (χ3n) is 4.85. The van der Waals surface area contributed by atoms with Crippen molar-refractivity contribution in [2.75, 3.05) is 13.1 Å². The Morgan fingerprint density at radius 3 is 2.35 bits per heavy atom. The second kappa shape index (κ2) is 7.62. The van der Waals surface area contributed by atoms with Crippen LogP contribution in [0.15, 0.2) is 71.8 Å². The first-order valence-electron chi connectivity index (χ1n) is 9.11. The highest BCUT2D eigenvalue weighted by molar-refractivity contribution is 5.39. The van der Waals surface area contributed by atoms with Crippen molar-refractivity contribution in [2.24, 2.45) is 5.92 Å². The summed E-state index contributed by atoms with van der Waals surface area (Å²) in [5.41, 5.74) is 0.861. The average Bonchev–Trinajstić information content (AvgIpc) is 3.05. The summed E-state index contributed by atoms with van der Waals surface area (Å²) >= 11 is 0. The van der Waals surface area contributed by atoms with Gasteiger partial charge in [0.15, 0.2) is 0 Å². The Kier molecular flexibility index (Phi) is 4.88. The molecule has 1 aliphatic heterocycles. The van der Waals surface area contributed by atoms with Gasteiger partial charge in [-0.25, -0.2) is 4.79 Å². The van der Waals surface area contributed by atoms with E-state index in [9.17, 15) is 4.79 Å². The lowest BCUT2D eigenvalue weighted by molar-refractivity contribution is 0.329. The van der Waals surface area contributed by atoms with Gasteiger partial charge in [0.05, 0.1) is 5.69 Å². The topological polar surface area (TPSA) is 48.2 Å². The van der Waals surface area contributed by atoms with Crippen LogP contribution in [0.2, 0.25) is 0 Å². The van der Waals surface area contributed by atoms with E-state index in [-0.39, 0.29) is 5.69 Å². The molecule has 0 amide bonds. The molecular weight excluding hydrogens is 326 g/mol. The lowest BCUT2D eigenvalue weighted by Crippen LogP contribution is -2.32. The molecule has 5 heteroatoms. The van der Waals surface area contributed by atoms with Crippen molar-refractivity contribution in [1.82, 2.24) is 14.5 Å². The molecule has 2 aromatic carbocycles. The van der Waals surface area contributed by atoms with Crippen LogP contribution in [0.4, 0.5) is 0 Å². The van der Waals surface area contributed by atoms with Gasteiger partial charge in [-0.1, -0.05) is 18.2 Å². The molecule has 3 aromatic rings. The highest BCUT2D eigenvalue weighted by atomic mass is 16.5. The van der Waals surface area contributed by atoms with Gasteiger partial charge in [0.2, 0.25) is 0 Å². The Labute approximate surface area is 152 Å². The highest BCUT2D eigenvalue weighted by Crippen LogP contribution is 2.22. The van der Waals surface area contributed by atoms with Gasteiger partial charge in [-0.3, -0.25) is 9.13 Å². The molecule has 0 saturated carbocycles. The Bertz CT molecular complexity index is 891. The Morgan fingerprint density at radius 2 is 1.62 bits per heavy atom. The van der Waals surface area contributed by atoms with Crippen LogP contribution in [-0.2, 0) is 6.54 Å². The molecule has 0 atom stereocenters. The first-order valence-corrected chi connectivity index (χ1v) is 9.11. The lowest BCUT2D eigenvalue weighted by Gasteiger charge is -2.22. The van der Waals surface area contributed by atoms with Gasteiger partial charge in [0, 0.05) is 18.9 Å². The number of benzene rings is 2. The van der Waals surface area contributed by atoms with Crippen molar-refractivity contribution in [1.29, 1.82) is 0 Å². The van der Waals surface area contributed by atoms with Crippen LogP contribution in [0, 0.1) is 5.92 Å². The summed E-state index contributed by atoms with van der Waals surface area (Å²) < 4.78 is 9.32. The summed E-state index contributed by atoms with van der Waals surface area (Å²) in [5, 5.41) is 3.36. The monoisotopic (exact) mass is 349 g/mol. The molecule has 0 unspecified atom stereocenters. The van der Waals surface area contributed by atoms with Crippen LogP contribution >= 0.6 is 0 Å². The van der Waals surface area contributed by atoms with Gasteiger partial charge in [-0.2, -0.15) is 0 Å². The van der Waals surface area contributed by atoms with Crippen molar-refractivity contribution < 1.29 is 4.74 Å². The van der Waals surface area contributed by atoms with Crippen molar-refractivity contribution in [3.63, 3.8) is 0 Å². The molecule has 1 saturated heterocycles. The van der Waals surface area contributed by atoms with E-state index in [4.69, 9.17) is 4.74 Å². The minimum Gasteiger partial charge on any atom is -0.457 e. The van der Waals surface area contributed by atoms with Crippen LogP contribution in [-0.4, -0.2) is 22.2 Å². The molecule has 0 aliphatic carbocycles. The van der Waals surface area contributed by atoms with E-state index in [0.717, 1.165) is 49.7 Å². The zero-order chi connectivity index (χ0) is 17.8. The largest absolute Gasteiger partial charge is 0.457 e. The van der Waals surface area contributed by atoms with E-state index < -0.39 is 0 Å². The number of hydrogen-bond donors (Lipinski definition) is 1. The number of nitrogens with one attached hydrogen (secondary N) is 1. The Balaban J connectivity index is 1.48. The number of nitrogens with zero attached hydrogens (tertiary/aromatic N) is 2. The first-order chi connectivity index (χ1) is 12.8. The van der Waals surface area contributed by atoms with Gasteiger partial charge in [-0.15, -0.1) is 0 Å². The van der Waals surface area contributed by atoms with Gasteiger partial charge < -0.3 is 10.1 Å². The zero-order valence-corrected chi connectivity index (χ0v) is 14.7. The molecule has 134 valence electrons. The number of piperidine rings is 1. The molecular formula is C21H23N3O2. The molecule has 26 heavy (non-hydrogen) atoms. The molecule has 0 spiro atoms. The summed E-state index contributed by atoms with van der Waals surface area (Å²) in [7, 11) is 0. The number of rotatable bonds is 5. The maximum atomic E-state index is 12.7. The minimum atomic E-state index is 0.0141. The number of ether oxygens (including phenoxy) is 1. The van der Waals surface area contributed by atoms with Crippen molar-refractivity contribution in [3.05, 3.63) is 77.5 Å². The van der Waals surface area contributed by atoms with E-state index in [1.54, 1.807) is 4.57 Å². The fourth-order valence-electron chi connectivity index (χ4n) is 3.39. The molecule has 2 heterocycles. The van der Waals surface area contributed by atoms with E-state index in [2.05, 4.69) is 5.32 Å². The predicted octanol–water partition coefficient (Wildman–Crippen LogP) is 3.43. The first kappa shape index (κ1) is 16.7. The fraction of sp³-hybridized carbons (Fsp3) is 0.286. The van der Waals surface area contributed by atoms with Crippen molar-refractivity contribution in [3.8, 4) is 17.2 Å². The van der Waals surface area contributed by atoms with Gasteiger partial charge in [-0.05, 0) is 68.2 Å². The summed E-state index contributed by atoms with van der Waals surface area (Å²) in [4.78, 5) is 12.7. The molecule has 1 N–H and O–H groups in total. The third kappa shape index (κ3) is 3.73. The number of aromatic nitrogens is 2. The molecule has 1 aliphatic rings. The quantitative estimate of drug-likeness (QED) is 0.768. The van der Waals surface area contributed by atoms with E-state index in [0.29, 0.717) is 5.92 Å². The summed E-state index contributed by atoms with van der Waals surface area (Å²) in [6, 6.07) is 17.3. The van der Waals surface area contributed by atoms with Crippen molar-refractivity contribution in [2.45, 2.75) is 19.4 Å². The van der Waals surface area contributed by atoms with Gasteiger partial charge >= 0.3 is 5.69 Å². The summed E-state index contributed by atoms with van der Waals surface area (Å²) in [5.74, 6) is 2.12. The second-order valence-electron chi connectivity index (χ2n) is 6.71. The lowest BCUT2D eigenvalue weighted by atomic mass is 9.98. The molecule has 4 rings (SSSR count). The van der Waals surface area contributed by atoms with Crippen LogP contribution in [0.1, 0.15) is 12.8 Å². The Morgan fingerprint density at radius 1 is 0.923 bits per heavy atom. The van der Waals surface area contributed by atoms with Crippen LogP contribution < -0.4 is 15.7 Å². The van der Waals surface area contributed by atoms with Crippen LogP contribution in [0.3, 0.4) is 0 Å². The van der Waals surface area contributed by atoms with E-state index in [1.807, 2.05) is 71.6 Å². The predicted molar refractivity (Wildman–Crippen MR) is 102 cm³/mol. The maximum Gasteiger partial charge on any atom is 0.332 e.